The van der Waals surface area contributed by atoms with E-state index in [4.69, 9.17) is 0 Å². The van der Waals surface area contributed by atoms with Gasteiger partial charge in [-0.05, 0) is 84.9 Å². The molecule has 1 saturated carbocycles. The molecule has 0 aromatic heterocycles. The molecule has 4 aromatic rings. The van der Waals surface area contributed by atoms with Crippen LogP contribution in [0.3, 0.4) is 0 Å². The fourth-order valence-electron chi connectivity index (χ4n) is 8.51. The summed E-state index contributed by atoms with van der Waals surface area (Å²) in [5.74, 6) is 0. The topological polar surface area (TPSA) is 6.48 Å². The molecule has 0 N–H and O–H groups in total. The van der Waals surface area contributed by atoms with Gasteiger partial charge in [0.15, 0.2) is 0 Å². The highest BCUT2D eigenvalue weighted by Crippen LogP contribution is 2.61. The minimum absolute atomic E-state index is 0.0875. The van der Waals surface area contributed by atoms with Crippen LogP contribution >= 0.6 is 0 Å². The van der Waals surface area contributed by atoms with Crippen LogP contribution < -0.4 is 26.2 Å². The van der Waals surface area contributed by atoms with Crippen LogP contribution in [0.25, 0.3) is 0 Å². The third kappa shape index (κ3) is 2.44. The Morgan fingerprint density at radius 2 is 1.30 bits per heavy atom. The molecule has 2 unspecified atom stereocenters. The highest BCUT2D eigenvalue weighted by atomic mass is 15.3. The fourth-order valence-corrected chi connectivity index (χ4v) is 8.51. The second-order valence-electron chi connectivity index (χ2n) is 12.2. The van der Waals surface area contributed by atoms with Crippen LogP contribution in [0.2, 0.25) is 0 Å². The van der Waals surface area contributed by atoms with Crippen molar-refractivity contribution in [1.82, 2.24) is 0 Å². The summed E-state index contributed by atoms with van der Waals surface area (Å²) in [4.78, 5) is 5.35. The number of nitrogens with zero attached hydrogens (tertiary/aromatic N) is 2. The van der Waals surface area contributed by atoms with Crippen molar-refractivity contribution in [3.8, 4) is 0 Å². The van der Waals surface area contributed by atoms with Crippen LogP contribution in [0.4, 0.5) is 28.4 Å². The molecular formula is C34H33BN2. The quantitative estimate of drug-likeness (QED) is 0.248. The van der Waals surface area contributed by atoms with E-state index in [0.29, 0.717) is 0 Å². The Kier molecular flexibility index (Phi) is 4.15. The van der Waals surface area contributed by atoms with Crippen LogP contribution in [-0.2, 0) is 5.41 Å². The van der Waals surface area contributed by atoms with E-state index in [1.807, 2.05) is 0 Å². The zero-order valence-electron chi connectivity index (χ0n) is 22.3. The number of hydrogen-bond donors (Lipinski definition) is 0. The summed E-state index contributed by atoms with van der Waals surface area (Å²) in [6.07, 6.45) is 5.13. The molecule has 182 valence electrons. The summed E-state index contributed by atoms with van der Waals surface area (Å²) in [5, 5.41) is 0. The molecule has 0 saturated heterocycles. The monoisotopic (exact) mass is 480 g/mol. The molecule has 3 aliphatic heterocycles. The van der Waals surface area contributed by atoms with Gasteiger partial charge in [-0.25, -0.2) is 0 Å². The Balaban J connectivity index is 1.51. The smallest absolute Gasteiger partial charge is 0.252 e. The molecule has 0 bridgehead atoms. The van der Waals surface area contributed by atoms with Gasteiger partial charge in [0.2, 0.25) is 0 Å². The van der Waals surface area contributed by atoms with Gasteiger partial charge in [0, 0.05) is 33.9 Å². The Morgan fingerprint density at radius 3 is 2.14 bits per heavy atom. The van der Waals surface area contributed by atoms with E-state index in [0.717, 1.165) is 0 Å². The Labute approximate surface area is 221 Å². The van der Waals surface area contributed by atoms with Crippen molar-refractivity contribution in [1.29, 1.82) is 0 Å². The SMILES string of the molecule is Cc1ccccc1N1c2cccc3c2B(c2cccc(C)c21)c1cccc2c1N3C1(C)CCCCC21C. The Hall–Kier alpha value is -3.46. The molecular weight excluding hydrogens is 447 g/mol. The van der Waals surface area contributed by atoms with Gasteiger partial charge >= 0.3 is 0 Å². The molecule has 8 rings (SSSR count). The number of aryl methyl sites for hydroxylation is 2. The second kappa shape index (κ2) is 7.10. The van der Waals surface area contributed by atoms with Crippen molar-refractivity contribution < 1.29 is 0 Å². The van der Waals surface area contributed by atoms with Crippen molar-refractivity contribution in [3.63, 3.8) is 0 Å². The van der Waals surface area contributed by atoms with Crippen LogP contribution in [0.5, 0.6) is 0 Å². The molecule has 1 fully saturated rings. The summed E-state index contributed by atoms with van der Waals surface area (Å²) in [7, 11) is 0. The number of benzene rings is 4. The molecule has 4 aromatic carbocycles. The van der Waals surface area contributed by atoms with E-state index in [9.17, 15) is 0 Å². The van der Waals surface area contributed by atoms with Gasteiger partial charge in [0.05, 0.1) is 5.54 Å². The summed E-state index contributed by atoms with van der Waals surface area (Å²) < 4.78 is 0. The number of hydrogen-bond acceptors (Lipinski definition) is 2. The summed E-state index contributed by atoms with van der Waals surface area (Å²) in [6, 6.07) is 30.1. The minimum Gasteiger partial charge on any atom is -0.335 e. The van der Waals surface area contributed by atoms with E-state index in [1.54, 1.807) is 5.56 Å². The van der Waals surface area contributed by atoms with Gasteiger partial charge in [-0.15, -0.1) is 0 Å². The van der Waals surface area contributed by atoms with Crippen LogP contribution in [0, 0.1) is 13.8 Å². The first-order chi connectivity index (χ1) is 18.0. The molecule has 0 amide bonds. The average molecular weight is 480 g/mol. The molecule has 2 atom stereocenters. The maximum Gasteiger partial charge on any atom is 0.252 e. The van der Waals surface area contributed by atoms with Crippen molar-refractivity contribution >= 4 is 51.5 Å². The predicted molar refractivity (Wildman–Crippen MR) is 158 cm³/mol. The van der Waals surface area contributed by atoms with Gasteiger partial charge in [-0.1, -0.05) is 80.4 Å². The lowest BCUT2D eigenvalue weighted by atomic mass is 9.33. The summed E-state index contributed by atoms with van der Waals surface area (Å²) in [5.41, 5.74) is 15.7. The second-order valence-corrected chi connectivity index (χ2v) is 12.2. The maximum atomic E-state index is 2.79. The zero-order valence-corrected chi connectivity index (χ0v) is 22.3. The van der Waals surface area contributed by atoms with Crippen molar-refractivity contribution in [2.75, 3.05) is 9.80 Å². The van der Waals surface area contributed by atoms with Crippen LogP contribution in [-0.4, -0.2) is 12.3 Å². The minimum atomic E-state index is 0.0875. The summed E-state index contributed by atoms with van der Waals surface area (Å²) >= 11 is 0. The lowest BCUT2D eigenvalue weighted by Gasteiger charge is -2.52. The van der Waals surface area contributed by atoms with E-state index in [1.165, 1.54) is 81.6 Å². The lowest BCUT2D eigenvalue weighted by Crippen LogP contribution is -2.64. The van der Waals surface area contributed by atoms with Gasteiger partial charge in [0.25, 0.3) is 6.71 Å². The Morgan fingerprint density at radius 1 is 0.649 bits per heavy atom. The Bertz CT molecular complexity index is 1620. The van der Waals surface area contributed by atoms with Crippen molar-refractivity contribution in [2.45, 2.75) is 64.3 Å². The normalized spacial score (nSPS) is 24.4. The zero-order chi connectivity index (χ0) is 25.1. The first kappa shape index (κ1) is 21.6. The average Bonchev–Trinajstić information content (AvgIpc) is 3.12. The van der Waals surface area contributed by atoms with Gasteiger partial charge in [0.1, 0.15) is 0 Å². The standard InChI is InChI=1S/C34H33BN2/c1-22-12-5-6-17-27(22)36-28-18-11-19-29-30(28)35(25-15-9-13-23(2)31(25)36)26-16-10-14-24-32(26)37(29)34(4)21-8-7-20-33(24,34)3/h5-6,9-19H,7-8,20-21H2,1-4H3. The number of anilines is 5. The predicted octanol–water partition coefficient (Wildman–Crippen LogP) is 6.66. The first-order valence-corrected chi connectivity index (χ1v) is 14.0. The molecule has 0 spiro atoms. The summed E-state index contributed by atoms with van der Waals surface area (Å²) in [6.45, 7) is 9.87. The maximum absolute atomic E-state index is 2.79. The van der Waals surface area contributed by atoms with Crippen molar-refractivity contribution in [3.05, 3.63) is 95.6 Å². The highest BCUT2D eigenvalue weighted by Gasteiger charge is 2.61. The lowest BCUT2D eigenvalue weighted by molar-refractivity contribution is 0.195. The van der Waals surface area contributed by atoms with Gasteiger partial charge in [-0.2, -0.15) is 0 Å². The molecule has 1 aliphatic carbocycles. The van der Waals surface area contributed by atoms with Crippen molar-refractivity contribution in [2.24, 2.45) is 0 Å². The van der Waals surface area contributed by atoms with E-state index in [-0.39, 0.29) is 17.7 Å². The molecule has 0 radical (unpaired) electrons. The third-order valence-corrected chi connectivity index (χ3v) is 10.5. The largest absolute Gasteiger partial charge is 0.335 e. The third-order valence-electron chi connectivity index (χ3n) is 10.5. The van der Waals surface area contributed by atoms with Crippen LogP contribution in [0.15, 0.2) is 78.9 Å². The molecule has 3 heterocycles. The number of fused-ring (bicyclic) bond motifs is 7. The van der Waals surface area contributed by atoms with Gasteiger partial charge < -0.3 is 9.80 Å². The van der Waals surface area contributed by atoms with E-state index >= 15 is 0 Å². The van der Waals surface area contributed by atoms with Gasteiger partial charge in [-0.3, -0.25) is 0 Å². The molecule has 37 heavy (non-hydrogen) atoms. The fraction of sp³-hybridized carbons (Fsp3) is 0.294. The van der Waals surface area contributed by atoms with E-state index < -0.39 is 0 Å². The van der Waals surface area contributed by atoms with Crippen LogP contribution in [0.1, 0.15) is 56.2 Å². The molecule has 4 aliphatic rings. The first-order valence-electron chi connectivity index (χ1n) is 14.0. The molecule has 2 nitrogen and oxygen atoms in total. The highest BCUT2D eigenvalue weighted by molar-refractivity contribution is 7.00. The molecule has 3 heteroatoms. The van der Waals surface area contributed by atoms with E-state index in [2.05, 4.69) is 116 Å². The number of para-hydroxylation sites is 3. The number of rotatable bonds is 1.